The fourth-order valence-corrected chi connectivity index (χ4v) is 1.60. The van der Waals surface area contributed by atoms with Crippen LogP contribution in [0.1, 0.15) is 21.5 Å². The second-order valence-electron chi connectivity index (χ2n) is 4.02. The normalized spacial score (nSPS) is 9.58. The number of hydrogen-bond acceptors (Lipinski definition) is 3. The van der Waals surface area contributed by atoms with Gasteiger partial charge in [0, 0.05) is 5.56 Å². The first-order valence-electron chi connectivity index (χ1n) is 5.84. The first-order valence-corrected chi connectivity index (χ1v) is 5.84. The molecule has 2 rings (SSSR count). The molecule has 0 aliphatic carbocycles. The van der Waals surface area contributed by atoms with E-state index >= 15 is 0 Å². The van der Waals surface area contributed by atoms with Crippen molar-refractivity contribution in [3.05, 3.63) is 53.5 Å². The summed E-state index contributed by atoms with van der Waals surface area (Å²) in [6.07, 6.45) is 2.86. The summed E-state index contributed by atoms with van der Waals surface area (Å²) in [6.45, 7) is 2.23. The van der Waals surface area contributed by atoms with E-state index in [1.165, 1.54) is 12.5 Å². The zero-order chi connectivity index (χ0) is 13.7. The smallest absolute Gasteiger partial charge is 0.258 e. The van der Waals surface area contributed by atoms with Crippen LogP contribution >= 0.6 is 0 Å². The predicted molar refractivity (Wildman–Crippen MR) is 73.8 cm³/mol. The van der Waals surface area contributed by atoms with Crippen molar-refractivity contribution in [2.24, 2.45) is 5.73 Å². The van der Waals surface area contributed by atoms with E-state index in [1.54, 1.807) is 6.07 Å². The second-order valence-corrected chi connectivity index (χ2v) is 4.02. The Labute approximate surface area is 111 Å². The van der Waals surface area contributed by atoms with Gasteiger partial charge in [0.15, 0.2) is 0 Å². The Morgan fingerprint density at radius 1 is 1.42 bits per heavy atom. The largest absolute Gasteiger partial charge is 0.472 e. The van der Waals surface area contributed by atoms with Crippen molar-refractivity contribution in [1.29, 1.82) is 0 Å². The highest BCUT2D eigenvalue weighted by Crippen LogP contribution is 2.17. The lowest BCUT2D eigenvalue weighted by Gasteiger charge is -2.07. The molecule has 1 aromatic carbocycles. The van der Waals surface area contributed by atoms with Crippen molar-refractivity contribution in [3.63, 3.8) is 0 Å². The van der Waals surface area contributed by atoms with Crippen LogP contribution in [-0.4, -0.2) is 12.5 Å². The molecule has 0 saturated carbocycles. The van der Waals surface area contributed by atoms with E-state index in [1.807, 2.05) is 25.1 Å². The molecule has 0 spiro atoms. The van der Waals surface area contributed by atoms with Crippen LogP contribution in [0.2, 0.25) is 0 Å². The molecule has 96 valence electrons. The van der Waals surface area contributed by atoms with Crippen LogP contribution in [0, 0.1) is 18.8 Å². The van der Waals surface area contributed by atoms with Crippen LogP contribution in [0.25, 0.3) is 0 Å². The van der Waals surface area contributed by atoms with Gasteiger partial charge >= 0.3 is 0 Å². The minimum absolute atomic E-state index is 0.227. The lowest BCUT2D eigenvalue weighted by atomic mass is 10.1. The standard InChI is InChI=1S/C15H14N2O2/c1-11-4-5-12(3-2-7-16)14(9-11)17-15(18)13-6-8-19-10-13/h4-6,8-10H,7,16H2,1H3,(H,17,18). The Balaban J connectivity index is 2.28. The molecule has 4 nitrogen and oxygen atoms in total. The molecule has 1 amide bonds. The van der Waals surface area contributed by atoms with E-state index in [0.29, 0.717) is 11.3 Å². The zero-order valence-electron chi connectivity index (χ0n) is 10.6. The third-order valence-electron chi connectivity index (χ3n) is 2.53. The fraction of sp³-hybridized carbons (Fsp3) is 0.133. The topological polar surface area (TPSA) is 68.3 Å². The van der Waals surface area contributed by atoms with Crippen molar-refractivity contribution in [2.75, 3.05) is 11.9 Å². The summed E-state index contributed by atoms with van der Waals surface area (Å²) in [5.74, 6) is 5.49. The van der Waals surface area contributed by atoms with E-state index in [9.17, 15) is 4.79 Å². The summed E-state index contributed by atoms with van der Waals surface area (Å²) in [5, 5.41) is 2.82. The highest BCUT2D eigenvalue weighted by molar-refractivity contribution is 6.04. The third-order valence-corrected chi connectivity index (χ3v) is 2.53. The lowest BCUT2D eigenvalue weighted by Crippen LogP contribution is -2.12. The van der Waals surface area contributed by atoms with Crippen molar-refractivity contribution >= 4 is 11.6 Å². The lowest BCUT2D eigenvalue weighted by molar-refractivity contribution is 0.102. The van der Waals surface area contributed by atoms with Crippen molar-refractivity contribution in [1.82, 2.24) is 0 Å². The van der Waals surface area contributed by atoms with Gasteiger partial charge < -0.3 is 15.5 Å². The molecule has 0 bridgehead atoms. The number of nitrogens with two attached hydrogens (primary N) is 1. The summed E-state index contributed by atoms with van der Waals surface area (Å²) < 4.78 is 4.89. The number of aryl methyl sites for hydroxylation is 1. The monoisotopic (exact) mass is 254 g/mol. The molecule has 0 unspecified atom stereocenters. The maximum Gasteiger partial charge on any atom is 0.258 e. The SMILES string of the molecule is Cc1ccc(C#CCN)c(NC(=O)c2ccoc2)c1. The van der Waals surface area contributed by atoms with Gasteiger partial charge in [0.05, 0.1) is 24.1 Å². The molecule has 0 atom stereocenters. The van der Waals surface area contributed by atoms with Gasteiger partial charge in [-0.3, -0.25) is 4.79 Å². The van der Waals surface area contributed by atoms with Crippen molar-refractivity contribution in [3.8, 4) is 11.8 Å². The average molecular weight is 254 g/mol. The molecule has 0 aliphatic heterocycles. The van der Waals surface area contributed by atoms with Gasteiger partial charge in [-0.2, -0.15) is 0 Å². The van der Waals surface area contributed by atoms with Crippen LogP contribution in [-0.2, 0) is 0 Å². The van der Waals surface area contributed by atoms with Crippen LogP contribution in [0.15, 0.2) is 41.2 Å². The van der Waals surface area contributed by atoms with E-state index in [-0.39, 0.29) is 12.5 Å². The number of amides is 1. The van der Waals surface area contributed by atoms with Crippen LogP contribution in [0.5, 0.6) is 0 Å². The first kappa shape index (κ1) is 12.9. The highest BCUT2D eigenvalue weighted by atomic mass is 16.3. The number of anilines is 1. The molecule has 2 aromatic rings. The Kier molecular flexibility index (Phi) is 4.01. The van der Waals surface area contributed by atoms with Crippen molar-refractivity contribution < 1.29 is 9.21 Å². The first-order chi connectivity index (χ1) is 9.20. The van der Waals surface area contributed by atoms with Gasteiger partial charge in [-0.15, -0.1) is 0 Å². The van der Waals surface area contributed by atoms with E-state index in [2.05, 4.69) is 17.2 Å². The molecule has 0 aliphatic rings. The second kappa shape index (κ2) is 5.89. The van der Waals surface area contributed by atoms with Gasteiger partial charge in [-0.1, -0.05) is 17.9 Å². The van der Waals surface area contributed by atoms with Gasteiger partial charge in [0.2, 0.25) is 0 Å². The van der Waals surface area contributed by atoms with E-state index in [4.69, 9.17) is 10.2 Å². The van der Waals surface area contributed by atoms with Crippen LogP contribution < -0.4 is 11.1 Å². The van der Waals surface area contributed by atoms with Crippen LogP contribution in [0.4, 0.5) is 5.69 Å². The summed E-state index contributed by atoms with van der Waals surface area (Å²) in [7, 11) is 0. The maximum absolute atomic E-state index is 12.0. The molecule has 0 radical (unpaired) electrons. The predicted octanol–water partition coefficient (Wildman–Crippen LogP) is 2.15. The zero-order valence-corrected chi connectivity index (χ0v) is 10.6. The highest BCUT2D eigenvalue weighted by Gasteiger charge is 2.09. The Bertz CT molecular complexity index is 634. The fourth-order valence-electron chi connectivity index (χ4n) is 1.60. The maximum atomic E-state index is 12.0. The molecule has 0 fully saturated rings. The number of rotatable bonds is 2. The summed E-state index contributed by atoms with van der Waals surface area (Å²) >= 11 is 0. The van der Waals surface area contributed by atoms with Gasteiger partial charge in [0.25, 0.3) is 5.91 Å². The van der Waals surface area contributed by atoms with Gasteiger partial charge in [-0.05, 0) is 30.7 Å². The Morgan fingerprint density at radius 3 is 2.95 bits per heavy atom. The number of furan rings is 1. The number of carbonyl (C=O) groups is 1. The van der Waals surface area contributed by atoms with E-state index in [0.717, 1.165) is 11.1 Å². The summed E-state index contributed by atoms with van der Waals surface area (Å²) in [6, 6.07) is 7.28. The Hall–Kier alpha value is -2.51. The van der Waals surface area contributed by atoms with Crippen molar-refractivity contribution in [2.45, 2.75) is 6.92 Å². The molecule has 3 N–H and O–H groups in total. The minimum Gasteiger partial charge on any atom is -0.472 e. The third kappa shape index (κ3) is 3.24. The number of nitrogens with one attached hydrogen (secondary N) is 1. The number of hydrogen-bond donors (Lipinski definition) is 2. The van der Waals surface area contributed by atoms with Gasteiger partial charge in [0.1, 0.15) is 6.26 Å². The minimum atomic E-state index is -0.227. The average Bonchev–Trinajstić information content (AvgIpc) is 2.92. The van der Waals surface area contributed by atoms with Gasteiger partial charge in [-0.25, -0.2) is 0 Å². The number of carbonyl (C=O) groups excluding carboxylic acids is 1. The molecule has 0 saturated heterocycles. The molecule has 4 heteroatoms. The van der Waals surface area contributed by atoms with E-state index < -0.39 is 0 Å². The van der Waals surface area contributed by atoms with Crippen LogP contribution in [0.3, 0.4) is 0 Å². The number of benzene rings is 1. The molecule has 1 heterocycles. The molecule has 1 aromatic heterocycles. The quantitative estimate of drug-likeness (QED) is 0.807. The summed E-state index contributed by atoms with van der Waals surface area (Å²) in [5.41, 5.74) is 8.29. The Morgan fingerprint density at radius 2 is 2.26 bits per heavy atom. The molecule has 19 heavy (non-hydrogen) atoms. The molecular weight excluding hydrogens is 240 g/mol. The molecular formula is C15H14N2O2. The summed E-state index contributed by atoms with van der Waals surface area (Å²) in [4.78, 5) is 12.0.